The minimum Gasteiger partial charge on any atom is -0.497 e. The van der Waals surface area contributed by atoms with Gasteiger partial charge in [-0.25, -0.2) is 4.98 Å². The molecule has 0 bridgehead atoms. The number of aromatic nitrogens is 2. The molecule has 0 radical (unpaired) electrons. The van der Waals surface area contributed by atoms with E-state index in [0.29, 0.717) is 23.7 Å². The number of hydrogen-bond acceptors (Lipinski definition) is 5. The van der Waals surface area contributed by atoms with E-state index < -0.39 is 0 Å². The Hall–Kier alpha value is -2.73. The molecule has 6 heteroatoms. The maximum Gasteiger partial charge on any atom is 0.255 e. The van der Waals surface area contributed by atoms with E-state index in [1.807, 2.05) is 54.8 Å². The first-order valence-corrected chi connectivity index (χ1v) is 9.87. The highest BCUT2D eigenvalue weighted by atomic mass is 32.2. The predicted molar refractivity (Wildman–Crippen MR) is 108 cm³/mol. The van der Waals surface area contributed by atoms with E-state index in [0.717, 1.165) is 23.5 Å². The van der Waals surface area contributed by atoms with E-state index >= 15 is 0 Å². The molecular formula is C21H22N2O3S. The first-order valence-electron chi connectivity index (χ1n) is 8.65. The highest BCUT2D eigenvalue weighted by molar-refractivity contribution is 7.98. The van der Waals surface area contributed by atoms with Gasteiger partial charge in [0, 0.05) is 24.6 Å². The minimum atomic E-state index is -0.0971. The lowest BCUT2D eigenvalue weighted by molar-refractivity contribution is 0.321. The lowest BCUT2D eigenvalue weighted by atomic mass is 10.1. The summed E-state index contributed by atoms with van der Waals surface area (Å²) in [4.78, 5) is 19.1. The fourth-order valence-electron chi connectivity index (χ4n) is 2.68. The van der Waals surface area contributed by atoms with Crippen molar-refractivity contribution in [3.05, 3.63) is 81.8 Å². The molecule has 3 aromatic rings. The Morgan fingerprint density at radius 3 is 2.59 bits per heavy atom. The third-order valence-corrected chi connectivity index (χ3v) is 4.75. The number of aromatic amines is 1. The Labute approximate surface area is 162 Å². The fraction of sp³-hybridized carbons (Fsp3) is 0.238. The summed E-state index contributed by atoms with van der Waals surface area (Å²) in [5.41, 5.74) is 2.75. The molecule has 0 atom stereocenters. The van der Waals surface area contributed by atoms with E-state index in [2.05, 4.69) is 9.97 Å². The largest absolute Gasteiger partial charge is 0.497 e. The Morgan fingerprint density at radius 2 is 1.89 bits per heavy atom. The SMILES string of the molecule is COc1ccc(CCOc2cccc(Cc3cnc(SC)[nH]c3=O)c2)cc1. The van der Waals surface area contributed by atoms with Crippen molar-refractivity contribution in [1.82, 2.24) is 9.97 Å². The normalized spacial score (nSPS) is 10.6. The summed E-state index contributed by atoms with van der Waals surface area (Å²) in [7, 11) is 1.66. The number of hydrogen-bond donors (Lipinski definition) is 1. The van der Waals surface area contributed by atoms with Crippen LogP contribution in [0.15, 0.2) is 64.7 Å². The Bertz CT molecular complexity index is 939. The summed E-state index contributed by atoms with van der Waals surface area (Å²) >= 11 is 1.42. The Balaban J connectivity index is 1.59. The van der Waals surface area contributed by atoms with E-state index in [-0.39, 0.29) is 5.56 Å². The van der Waals surface area contributed by atoms with Crippen molar-refractivity contribution in [2.75, 3.05) is 20.0 Å². The van der Waals surface area contributed by atoms with E-state index in [1.165, 1.54) is 17.3 Å². The zero-order chi connectivity index (χ0) is 19.1. The van der Waals surface area contributed by atoms with Crippen molar-refractivity contribution < 1.29 is 9.47 Å². The van der Waals surface area contributed by atoms with Gasteiger partial charge in [-0.1, -0.05) is 36.0 Å². The van der Waals surface area contributed by atoms with Gasteiger partial charge in [0.15, 0.2) is 5.16 Å². The molecular weight excluding hydrogens is 360 g/mol. The van der Waals surface area contributed by atoms with Gasteiger partial charge in [0.25, 0.3) is 5.56 Å². The van der Waals surface area contributed by atoms with Crippen molar-refractivity contribution in [3.63, 3.8) is 0 Å². The first kappa shape index (κ1) is 19.0. The summed E-state index contributed by atoms with van der Waals surface area (Å²) in [6, 6.07) is 15.8. The van der Waals surface area contributed by atoms with Crippen molar-refractivity contribution in [3.8, 4) is 11.5 Å². The molecule has 5 nitrogen and oxygen atoms in total. The maximum atomic E-state index is 12.1. The average molecular weight is 382 g/mol. The Morgan fingerprint density at radius 1 is 1.07 bits per heavy atom. The highest BCUT2D eigenvalue weighted by Crippen LogP contribution is 2.17. The molecule has 2 aromatic carbocycles. The summed E-state index contributed by atoms with van der Waals surface area (Å²) in [5, 5.41) is 0.624. The van der Waals surface area contributed by atoms with Crippen molar-refractivity contribution in [2.24, 2.45) is 0 Å². The quantitative estimate of drug-likeness (QED) is 0.475. The van der Waals surface area contributed by atoms with Gasteiger partial charge in [0.1, 0.15) is 11.5 Å². The van der Waals surface area contributed by atoms with Gasteiger partial charge in [-0.05, 0) is 41.6 Å². The van der Waals surface area contributed by atoms with Crippen LogP contribution in [0.1, 0.15) is 16.7 Å². The topological polar surface area (TPSA) is 64.2 Å². The summed E-state index contributed by atoms with van der Waals surface area (Å²) in [6.45, 7) is 0.584. The average Bonchev–Trinajstić information content (AvgIpc) is 2.70. The molecule has 140 valence electrons. The molecule has 0 aliphatic heterocycles. The van der Waals surface area contributed by atoms with Gasteiger partial charge in [0.05, 0.1) is 13.7 Å². The van der Waals surface area contributed by atoms with Crippen LogP contribution in [0.5, 0.6) is 11.5 Å². The molecule has 0 amide bonds. The molecule has 0 saturated heterocycles. The molecule has 0 unspecified atom stereocenters. The van der Waals surface area contributed by atoms with Crippen LogP contribution in [0.25, 0.3) is 0 Å². The Kier molecular flexibility index (Phi) is 6.54. The second kappa shape index (κ2) is 9.28. The van der Waals surface area contributed by atoms with Gasteiger partial charge < -0.3 is 14.5 Å². The van der Waals surface area contributed by atoms with Crippen molar-refractivity contribution >= 4 is 11.8 Å². The minimum absolute atomic E-state index is 0.0971. The standard InChI is InChI=1S/C21H22N2O3S/c1-25-18-8-6-15(7-9-18)10-11-26-19-5-3-4-16(13-19)12-17-14-22-21(27-2)23-20(17)24/h3-9,13-14H,10-12H2,1-2H3,(H,22,23,24). The number of H-pyrrole nitrogens is 1. The smallest absolute Gasteiger partial charge is 0.255 e. The van der Waals surface area contributed by atoms with Crippen molar-refractivity contribution in [1.29, 1.82) is 0 Å². The molecule has 0 aliphatic rings. The molecule has 27 heavy (non-hydrogen) atoms. The van der Waals surface area contributed by atoms with Gasteiger partial charge in [-0.2, -0.15) is 0 Å². The number of rotatable bonds is 8. The predicted octanol–water partition coefficient (Wildman–Crippen LogP) is 3.71. The molecule has 0 aliphatic carbocycles. The van der Waals surface area contributed by atoms with Gasteiger partial charge in [-0.15, -0.1) is 0 Å². The van der Waals surface area contributed by atoms with Crippen LogP contribution in [-0.4, -0.2) is 29.9 Å². The number of nitrogens with zero attached hydrogens (tertiary/aromatic N) is 1. The van der Waals surface area contributed by atoms with E-state index in [1.54, 1.807) is 13.3 Å². The monoisotopic (exact) mass is 382 g/mol. The third-order valence-electron chi connectivity index (χ3n) is 4.15. The maximum absolute atomic E-state index is 12.1. The van der Waals surface area contributed by atoms with Gasteiger partial charge >= 0.3 is 0 Å². The van der Waals surface area contributed by atoms with Crippen LogP contribution in [0.3, 0.4) is 0 Å². The molecule has 1 aromatic heterocycles. The molecule has 3 rings (SSSR count). The number of nitrogens with one attached hydrogen (secondary N) is 1. The van der Waals surface area contributed by atoms with Crippen LogP contribution >= 0.6 is 11.8 Å². The molecule has 0 fully saturated rings. The van der Waals surface area contributed by atoms with Crippen LogP contribution < -0.4 is 15.0 Å². The molecule has 1 N–H and O–H groups in total. The molecule has 0 saturated carbocycles. The number of methoxy groups -OCH3 is 1. The second-order valence-electron chi connectivity index (χ2n) is 6.02. The fourth-order valence-corrected chi connectivity index (χ4v) is 3.03. The van der Waals surface area contributed by atoms with Crippen LogP contribution in [-0.2, 0) is 12.8 Å². The summed E-state index contributed by atoms with van der Waals surface area (Å²) < 4.78 is 11.0. The van der Waals surface area contributed by atoms with E-state index in [4.69, 9.17) is 9.47 Å². The zero-order valence-electron chi connectivity index (χ0n) is 15.4. The lowest BCUT2D eigenvalue weighted by Gasteiger charge is -2.09. The van der Waals surface area contributed by atoms with Crippen LogP contribution in [0.4, 0.5) is 0 Å². The number of benzene rings is 2. The molecule has 1 heterocycles. The highest BCUT2D eigenvalue weighted by Gasteiger charge is 2.05. The van der Waals surface area contributed by atoms with Crippen molar-refractivity contribution in [2.45, 2.75) is 18.0 Å². The first-order chi connectivity index (χ1) is 13.2. The molecule has 0 spiro atoms. The lowest BCUT2D eigenvalue weighted by Crippen LogP contribution is -2.14. The van der Waals surface area contributed by atoms with Gasteiger partial charge in [-0.3, -0.25) is 4.79 Å². The second-order valence-corrected chi connectivity index (χ2v) is 6.81. The summed E-state index contributed by atoms with van der Waals surface area (Å²) in [6.07, 6.45) is 4.85. The van der Waals surface area contributed by atoms with Gasteiger partial charge in [0.2, 0.25) is 0 Å². The number of thioether (sulfide) groups is 1. The van der Waals surface area contributed by atoms with Crippen LogP contribution in [0.2, 0.25) is 0 Å². The third kappa shape index (κ3) is 5.37. The van der Waals surface area contributed by atoms with Crippen LogP contribution in [0, 0.1) is 0 Å². The zero-order valence-corrected chi connectivity index (χ0v) is 16.2. The number of ether oxygens (including phenoxy) is 2. The van der Waals surface area contributed by atoms with E-state index in [9.17, 15) is 4.79 Å². The summed E-state index contributed by atoms with van der Waals surface area (Å²) in [5.74, 6) is 1.65.